The largest absolute Gasteiger partial charge is 0.491 e. The molecule has 0 aliphatic carbocycles. The number of anilines is 1. The van der Waals surface area contributed by atoms with Crippen LogP contribution in [0.15, 0.2) is 48.5 Å². The molecule has 0 saturated carbocycles. The molecule has 0 spiro atoms. The SMILES string of the molecule is Cc1ccc(OCC(O)CN(C)Cc2ccc(N3CCCCC3)cc2)cc1. The number of rotatable bonds is 8. The first-order valence-corrected chi connectivity index (χ1v) is 10.00. The summed E-state index contributed by atoms with van der Waals surface area (Å²) in [5, 5.41) is 10.3. The molecule has 1 heterocycles. The van der Waals surface area contributed by atoms with E-state index in [1.54, 1.807) is 0 Å². The summed E-state index contributed by atoms with van der Waals surface area (Å²) < 4.78 is 5.67. The average molecular weight is 369 g/mol. The first kappa shape index (κ1) is 19.7. The molecule has 0 aromatic heterocycles. The van der Waals surface area contributed by atoms with Gasteiger partial charge < -0.3 is 14.7 Å². The third kappa shape index (κ3) is 6.26. The summed E-state index contributed by atoms with van der Waals surface area (Å²) in [4.78, 5) is 4.61. The van der Waals surface area contributed by atoms with E-state index in [4.69, 9.17) is 4.74 Å². The molecule has 1 aliphatic heterocycles. The van der Waals surface area contributed by atoms with Crippen LogP contribution >= 0.6 is 0 Å². The van der Waals surface area contributed by atoms with Crippen molar-refractivity contribution in [3.8, 4) is 5.75 Å². The Morgan fingerprint density at radius 2 is 1.67 bits per heavy atom. The summed E-state index contributed by atoms with van der Waals surface area (Å²) in [5.74, 6) is 0.801. The number of likely N-dealkylation sites (N-methyl/N-ethyl adjacent to an activating group) is 1. The molecule has 0 radical (unpaired) electrons. The van der Waals surface area contributed by atoms with Gasteiger partial charge in [-0.15, -0.1) is 0 Å². The topological polar surface area (TPSA) is 35.9 Å². The lowest BCUT2D eigenvalue weighted by Gasteiger charge is -2.29. The molecule has 1 N–H and O–H groups in total. The zero-order chi connectivity index (χ0) is 19.1. The molecule has 4 nitrogen and oxygen atoms in total. The predicted molar refractivity (Wildman–Crippen MR) is 112 cm³/mol. The molecule has 27 heavy (non-hydrogen) atoms. The zero-order valence-electron chi connectivity index (χ0n) is 16.6. The molecule has 0 amide bonds. The van der Waals surface area contributed by atoms with E-state index in [-0.39, 0.29) is 0 Å². The Morgan fingerprint density at radius 3 is 2.33 bits per heavy atom. The quantitative estimate of drug-likeness (QED) is 0.768. The van der Waals surface area contributed by atoms with E-state index >= 15 is 0 Å². The molecule has 2 aromatic rings. The molecule has 146 valence electrons. The summed E-state index contributed by atoms with van der Waals surface area (Å²) in [6.45, 7) is 6.11. The number of benzene rings is 2. The van der Waals surface area contributed by atoms with Gasteiger partial charge in [-0.3, -0.25) is 4.90 Å². The van der Waals surface area contributed by atoms with Crippen LogP contribution in [-0.2, 0) is 6.54 Å². The van der Waals surface area contributed by atoms with E-state index < -0.39 is 6.10 Å². The number of aliphatic hydroxyl groups excluding tert-OH is 1. The number of aryl methyl sites for hydroxylation is 1. The van der Waals surface area contributed by atoms with Gasteiger partial charge in [-0.1, -0.05) is 29.8 Å². The van der Waals surface area contributed by atoms with E-state index in [2.05, 4.69) is 34.1 Å². The number of hydrogen-bond acceptors (Lipinski definition) is 4. The molecule has 0 bridgehead atoms. The molecule has 1 unspecified atom stereocenters. The fourth-order valence-electron chi connectivity index (χ4n) is 3.58. The van der Waals surface area contributed by atoms with Crippen LogP contribution in [0.3, 0.4) is 0 Å². The van der Waals surface area contributed by atoms with Crippen LogP contribution in [-0.4, -0.2) is 49.4 Å². The summed E-state index contributed by atoms with van der Waals surface area (Å²) in [7, 11) is 2.04. The van der Waals surface area contributed by atoms with Gasteiger partial charge in [0.05, 0.1) is 0 Å². The molecule has 3 rings (SSSR count). The van der Waals surface area contributed by atoms with Crippen LogP contribution in [0.2, 0.25) is 0 Å². The fraction of sp³-hybridized carbons (Fsp3) is 0.478. The van der Waals surface area contributed by atoms with Crippen molar-refractivity contribution < 1.29 is 9.84 Å². The molecular formula is C23H32N2O2. The Labute approximate surface area is 163 Å². The first-order valence-electron chi connectivity index (χ1n) is 10.00. The van der Waals surface area contributed by atoms with Gasteiger partial charge in [0.2, 0.25) is 0 Å². The van der Waals surface area contributed by atoms with Crippen molar-refractivity contribution in [2.24, 2.45) is 0 Å². The summed E-state index contributed by atoms with van der Waals surface area (Å²) in [6, 6.07) is 16.8. The second-order valence-corrected chi connectivity index (χ2v) is 7.69. The monoisotopic (exact) mass is 368 g/mol. The Hall–Kier alpha value is -2.04. The Morgan fingerprint density at radius 1 is 1.00 bits per heavy atom. The summed E-state index contributed by atoms with van der Waals surface area (Å²) >= 11 is 0. The van der Waals surface area contributed by atoms with Crippen LogP contribution in [0.4, 0.5) is 5.69 Å². The maximum Gasteiger partial charge on any atom is 0.119 e. The van der Waals surface area contributed by atoms with Gasteiger partial charge in [-0.05, 0) is 63.1 Å². The van der Waals surface area contributed by atoms with E-state index in [0.29, 0.717) is 13.2 Å². The lowest BCUT2D eigenvalue weighted by Crippen LogP contribution is -2.32. The highest BCUT2D eigenvalue weighted by Crippen LogP contribution is 2.20. The molecule has 1 fully saturated rings. The van der Waals surface area contributed by atoms with Gasteiger partial charge in [0.15, 0.2) is 0 Å². The minimum Gasteiger partial charge on any atom is -0.491 e. The van der Waals surface area contributed by atoms with Crippen molar-refractivity contribution in [1.82, 2.24) is 4.90 Å². The molecule has 1 saturated heterocycles. The molecule has 2 aromatic carbocycles. The Bertz CT molecular complexity index is 679. The van der Waals surface area contributed by atoms with Gasteiger partial charge >= 0.3 is 0 Å². The maximum absolute atomic E-state index is 10.3. The number of aliphatic hydroxyl groups is 1. The number of hydrogen-bond donors (Lipinski definition) is 1. The minimum atomic E-state index is -0.510. The van der Waals surface area contributed by atoms with Crippen molar-refractivity contribution in [2.75, 3.05) is 38.2 Å². The summed E-state index contributed by atoms with van der Waals surface area (Å²) in [5.41, 5.74) is 3.80. The highest BCUT2D eigenvalue weighted by atomic mass is 16.5. The van der Waals surface area contributed by atoms with E-state index in [1.807, 2.05) is 38.2 Å². The van der Waals surface area contributed by atoms with Crippen molar-refractivity contribution >= 4 is 5.69 Å². The maximum atomic E-state index is 10.3. The molecule has 4 heteroatoms. The smallest absolute Gasteiger partial charge is 0.119 e. The van der Waals surface area contributed by atoms with E-state index in [9.17, 15) is 5.11 Å². The highest BCUT2D eigenvalue weighted by molar-refractivity contribution is 5.47. The number of nitrogens with zero attached hydrogens (tertiary/aromatic N) is 2. The third-order valence-electron chi connectivity index (χ3n) is 5.10. The second-order valence-electron chi connectivity index (χ2n) is 7.69. The van der Waals surface area contributed by atoms with Crippen LogP contribution in [0.5, 0.6) is 5.75 Å². The Kier molecular flexibility index (Phi) is 7.13. The number of piperidine rings is 1. The van der Waals surface area contributed by atoms with Crippen LogP contribution in [0.25, 0.3) is 0 Å². The van der Waals surface area contributed by atoms with Gasteiger partial charge in [0.1, 0.15) is 18.5 Å². The standard InChI is InChI=1S/C23H32N2O2/c1-19-6-12-23(13-7-19)27-18-22(26)17-24(2)16-20-8-10-21(11-9-20)25-14-4-3-5-15-25/h6-13,22,26H,3-5,14-18H2,1-2H3. The van der Waals surface area contributed by atoms with Gasteiger partial charge in [0, 0.05) is 31.9 Å². The third-order valence-corrected chi connectivity index (χ3v) is 5.10. The van der Waals surface area contributed by atoms with Crippen LogP contribution in [0.1, 0.15) is 30.4 Å². The minimum absolute atomic E-state index is 0.307. The lowest BCUT2D eigenvalue weighted by atomic mass is 10.1. The van der Waals surface area contributed by atoms with Gasteiger partial charge in [-0.25, -0.2) is 0 Å². The molecular weight excluding hydrogens is 336 g/mol. The van der Waals surface area contributed by atoms with Crippen molar-refractivity contribution in [1.29, 1.82) is 0 Å². The fourth-order valence-corrected chi connectivity index (χ4v) is 3.58. The molecule has 1 atom stereocenters. The zero-order valence-corrected chi connectivity index (χ0v) is 16.6. The lowest BCUT2D eigenvalue weighted by molar-refractivity contribution is 0.0744. The van der Waals surface area contributed by atoms with E-state index in [1.165, 1.54) is 49.2 Å². The van der Waals surface area contributed by atoms with Crippen LogP contribution < -0.4 is 9.64 Å². The Balaban J connectivity index is 1.42. The predicted octanol–water partition coefficient (Wildman–Crippen LogP) is 3.86. The van der Waals surface area contributed by atoms with Crippen molar-refractivity contribution in [3.05, 3.63) is 59.7 Å². The molecule has 1 aliphatic rings. The van der Waals surface area contributed by atoms with Crippen molar-refractivity contribution in [3.63, 3.8) is 0 Å². The van der Waals surface area contributed by atoms with E-state index in [0.717, 1.165) is 12.3 Å². The number of ether oxygens (including phenoxy) is 1. The second kappa shape index (κ2) is 9.77. The normalized spacial score (nSPS) is 15.8. The highest BCUT2D eigenvalue weighted by Gasteiger charge is 2.12. The van der Waals surface area contributed by atoms with Crippen LogP contribution in [0, 0.1) is 6.92 Å². The summed E-state index contributed by atoms with van der Waals surface area (Å²) in [6.07, 6.45) is 3.44. The van der Waals surface area contributed by atoms with Gasteiger partial charge in [0.25, 0.3) is 0 Å². The van der Waals surface area contributed by atoms with Gasteiger partial charge in [-0.2, -0.15) is 0 Å². The van der Waals surface area contributed by atoms with Crippen molar-refractivity contribution in [2.45, 2.75) is 38.8 Å². The average Bonchev–Trinajstić information content (AvgIpc) is 2.69. The first-order chi connectivity index (χ1) is 13.1.